The maximum absolute atomic E-state index is 12.6. The van der Waals surface area contributed by atoms with Gasteiger partial charge in [-0.15, -0.1) is 0 Å². The summed E-state index contributed by atoms with van der Waals surface area (Å²) in [7, 11) is -3.96. The number of halogens is 2. The van der Waals surface area contributed by atoms with Gasteiger partial charge in [-0.2, -0.15) is 0 Å². The first-order valence-electron chi connectivity index (χ1n) is 9.42. The van der Waals surface area contributed by atoms with E-state index in [-0.39, 0.29) is 20.8 Å². The smallest absolute Gasteiger partial charge is 0.272 e. The maximum atomic E-state index is 12.6. The predicted octanol–water partition coefficient (Wildman–Crippen LogP) is 5.25. The van der Waals surface area contributed by atoms with Gasteiger partial charge in [-0.25, -0.2) is 8.42 Å². The third-order valence-electron chi connectivity index (χ3n) is 5.01. The minimum absolute atomic E-state index is 0.0353. The zero-order valence-electron chi connectivity index (χ0n) is 15.8. The zero-order valence-corrected chi connectivity index (χ0v) is 18.2. The van der Waals surface area contributed by atoms with Crippen molar-refractivity contribution in [3.63, 3.8) is 0 Å². The lowest BCUT2D eigenvalue weighted by molar-refractivity contribution is 0.102. The number of amides is 1. The summed E-state index contributed by atoms with van der Waals surface area (Å²) in [5.41, 5.74) is 3.75. The van der Waals surface area contributed by atoms with E-state index in [0.29, 0.717) is 17.1 Å². The Morgan fingerprint density at radius 2 is 1.57 bits per heavy atom. The van der Waals surface area contributed by atoms with Crippen molar-refractivity contribution >= 4 is 50.5 Å². The molecule has 2 aromatic carbocycles. The lowest BCUT2D eigenvalue weighted by atomic mass is 9.93. The molecule has 1 aromatic heterocycles. The number of carbonyl (C=O) groups is 1. The first-order valence-corrected chi connectivity index (χ1v) is 11.7. The van der Waals surface area contributed by atoms with Crippen LogP contribution in [0.25, 0.3) is 0 Å². The Morgan fingerprint density at radius 3 is 2.27 bits per heavy atom. The number of hydrogen-bond acceptors (Lipinski definition) is 3. The fourth-order valence-electron chi connectivity index (χ4n) is 3.58. The number of fused-ring (bicyclic) bond motifs is 1. The number of rotatable bonds is 5. The monoisotopic (exact) mass is 463 g/mol. The molecule has 0 atom stereocenters. The molecular weight excluding hydrogens is 445 g/mol. The average Bonchev–Trinajstić information content (AvgIpc) is 3.13. The van der Waals surface area contributed by atoms with Crippen LogP contribution in [0.5, 0.6) is 0 Å². The molecular formula is C21H19Cl2N3O3S. The topological polar surface area (TPSA) is 91.1 Å². The highest BCUT2D eigenvalue weighted by molar-refractivity contribution is 7.93. The van der Waals surface area contributed by atoms with E-state index < -0.39 is 10.0 Å². The van der Waals surface area contributed by atoms with E-state index in [1.54, 1.807) is 30.3 Å². The number of anilines is 2. The van der Waals surface area contributed by atoms with E-state index >= 15 is 0 Å². The first kappa shape index (κ1) is 20.8. The van der Waals surface area contributed by atoms with Gasteiger partial charge in [0.05, 0.1) is 10.0 Å². The Hall–Kier alpha value is -2.48. The summed E-state index contributed by atoms with van der Waals surface area (Å²) in [6.45, 7) is 0. The van der Waals surface area contributed by atoms with Crippen LogP contribution in [0.2, 0.25) is 10.0 Å². The second-order valence-corrected chi connectivity index (χ2v) is 9.50. The van der Waals surface area contributed by atoms with Crippen LogP contribution in [0.15, 0.2) is 53.6 Å². The highest BCUT2D eigenvalue weighted by atomic mass is 35.5. The maximum Gasteiger partial charge on any atom is 0.272 e. The van der Waals surface area contributed by atoms with E-state index in [4.69, 9.17) is 23.2 Å². The van der Waals surface area contributed by atoms with Crippen molar-refractivity contribution in [1.29, 1.82) is 0 Å². The number of H-pyrrole nitrogens is 1. The van der Waals surface area contributed by atoms with E-state index in [1.165, 1.54) is 17.7 Å². The molecule has 1 heterocycles. The van der Waals surface area contributed by atoms with Crippen LogP contribution in [0, 0.1) is 0 Å². The third-order valence-corrected chi connectivity index (χ3v) is 7.35. The Bertz CT molecular complexity index is 1180. The van der Waals surface area contributed by atoms with Gasteiger partial charge in [-0.3, -0.25) is 9.52 Å². The molecule has 3 aromatic rings. The van der Waals surface area contributed by atoms with E-state index in [1.807, 2.05) is 6.20 Å². The van der Waals surface area contributed by atoms with E-state index in [2.05, 4.69) is 15.0 Å². The quantitative estimate of drug-likeness (QED) is 0.482. The number of sulfonamides is 1. The van der Waals surface area contributed by atoms with Crippen LogP contribution in [0.1, 0.15) is 34.5 Å². The summed E-state index contributed by atoms with van der Waals surface area (Å²) in [4.78, 5) is 15.5. The molecule has 0 unspecified atom stereocenters. The summed E-state index contributed by atoms with van der Waals surface area (Å²) >= 11 is 12.0. The number of aromatic amines is 1. The molecule has 0 saturated carbocycles. The van der Waals surface area contributed by atoms with Gasteiger partial charge >= 0.3 is 0 Å². The highest BCUT2D eigenvalue weighted by Crippen LogP contribution is 2.31. The van der Waals surface area contributed by atoms with Gasteiger partial charge in [0.2, 0.25) is 0 Å². The number of benzene rings is 2. The second kappa shape index (κ2) is 8.34. The normalized spacial score (nSPS) is 13.5. The molecule has 4 rings (SSSR count). The van der Waals surface area contributed by atoms with Crippen molar-refractivity contribution in [2.24, 2.45) is 0 Å². The summed E-state index contributed by atoms with van der Waals surface area (Å²) in [5, 5.41) is 2.92. The van der Waals surface area contributed by atoms with Gasteiger partial charge < -0.3 is 10.3 Å². The summed E-state index contributed by atoms with van der Waals surface area (Å²) in [5.74, 6) is -0.214. The van der Waals surface area contributed by atoms with Crippen molar-refractivity contribution in [3.05, 3.63) is 75.5 Å². The zero-order chi connectivity index (χ0) is 21.3. The molecule has 6 nitrogen and oxygen atoms in total. The van der Waals surface area contributed by atoms with Gasteiger partial charge in [-0.05, 0) is 73.2 Å². The Kier molecular flexibility index (Phi) is 5.77. The lowest BCUT2D eigenvalue weighted by Gasteiger charge is -2.13. The number of carbonyl (C=O) groups excluding carboxylic acids is 1. The van der Waals surface area contributed by atoms with Gasteiger partial charge in [0.1, 0.15) is 10.6 Å². The number of nitrogens with one attached hydrogen (secondary N) is 3. The number of aryl methyl sites for hydroxylation is 1. The van der Waals surface area contributed by atoms with Crippen LogP contribution < -0.4 is 10.0 Å². The molecule has 30 heavy (non-hydrogen) atoms. The minimum atomic E-state index is -3.96. The molecule has 0 saturated heterocycles. The van der Waals surface area contributed by atoms with E-state index in [9.17, 15) is 13.2 Å². The Morgan fingerprint density at radius 1 is 0.933 bits per heavy atom. The van der Waals surface area contributed by atoms with Crippen molar-refractivity contribution in [3.8, 4) is 0 Å². The molecule has 1 amide bonds. The van der Waals surface area contributed by atoms with Crippen LogP contribution >= 0.6 is 23.2 Å². The summed E-state index contributed by atoms with van der Waals surface area (Å²) in [6, 6.07) is 10.9. The number of aromatic nitrogens is 1. The Balaban J connectivity index is 1.48. The molecule has 1 aliphatic rings. The fraction of sp³-hybridized carbons (Fsp3) is 0.190. The predicted molar refractivity (Wildman–Crippen MR) is 119 cm³/mol. The largest absolute Gasteiger partial charge is 0.357 e. The SMILES string of the molecule is O=C(Nc1ccc(NS(=O)(=O)c2c(Cl)cccc2Cl)cc1)c1[nH]cc2c1CCCC2. The van der Waals surface area contributed by atoms with Crippen LogP contribution in [0.3, 0.4) is 0 Å². The third kappa shape index (κ3) is 4.19. The van der Waals surface area contributed by atoms with Gasteiger partial charge in [0.25, 0.3) is 15.9 Å². The van der Waals surface area contributed by atoms with Crippen molar-refractivity contribution in [1.82, 2.24) is 4.98 Å². The van der Waals surface area contributed by atoms with Gasteiger partial charge in [-0.1, -0.05) is 29.3 Å². The highest BCUT2D eigenvalue weighted by Gasteiger charge is 2.22. The standard InChI is InChI=1S/C21H19Cl2N3O3S/c22-17-6-3-7-18(23)20(17)30(28,29)26-15-10-8-14(9-11-15)25-21(27)19-16-5-2-1-4-13(16)12-24-19/h3,6-12,24,26H,1-2,4-5H2,(H,25,27). The summed E-state index contributed by atoms with van der Waals surface area (Å²) < 4.78 is 27.7. The van der Waals surface area contributed by atoms with Gasteiger partial charge in [0, 0.05) is 17.6 Å². The van der Waals surface area contributed by atoms with Crippen molar-refractivity contribution < 1.29 is 13.2 Å². The second-order valence-electron chi connectivity index (χ2n) is 7.06. The van der Waals surface area contributed by atoms with Crippen LogP contribution in [0.4, 0.5) is 11.4 Å². The van der Waals surface area contributed by atoms with E-state index in [0.717, 1.165) is 31.2 Å². The Labute approximate surface area is 184 Å². The fourth-order valence-corrected chi connectivity index (χ4v) is 5.79. The van der Waals surface area contributed by atoms with Crippen LogP contribution in [-0.4, -0.2) is 19.3 Å². The van der Waals surface area contributed by atoms with Crippen molar-refractivity contribution in [2.45, 2.75) is 30.6 Å². The van der Waals surface area contributed by atoms with Gasteiger partial charge in [0.15, 0.2) is 0 Å². The lowest BCUT2D eigenvalue weighted by Crippen LogP contribution is -2.16. The molecule has 156 valence electrons. The first-order chi connectivity index (χ1) is 14.3. The molecule has 9 heteroatoms. The molecule has 0 aliphatic heterocycles. The average molecular weight is 464 g/mol. The molecule has 1 aliphatic carbocycles. The molecule has 0 spiro atoms. The van der Waals surface area contributed by atoms with Crippen LogP contribution in [-0.2, 0) is 22.9 Å². The van der Waals surface area contributed by atoms with Crippen molar-refractivity contribution in [2.75, 3.05) is 10.0 Å². The molecule has 0 radical (unpaired) electrons. The molecule has 3 N–H and O–H groups in total. The molecule has 0 fully saturated rings. The minimum Gasteiger partial charge on any atom is -0.357 e. The summed E-state index contributed by atoms with van der Waals surface area (Å²) in [6.07, 6.45) is 6.01. The number of hydrogen-bond donors (Lipinski definition) is 3. The molecule has 0 bridgehead atoms.